The first-order valence-electron chi connectivity index (χ1n) is 3.46. The van der Waals surface area contributed by atoms with Crippen LogP contribution in [0.3, 0.4) is 0 Å². The summed E-state index contributed by atoms with van der Waals surface area (Å²) >= 11 is 0.869. The molecule has 0 unspecified atom stereocenters. The van der Waals surface area contributed by atoms with Crippen molar-refractivity contribution in [2.75, 3.05) is 0 Å². The fourth-order valence-corrected chi connectivity index (χ4v) is 1.40. The van der Waals surface area contributed by atoms with Crippen LogP contribution in [0.4, 0.5) is 13.2 Å². The zero-order chi connectivity index (χ0) is 10.8. The predicted octanol–water partition coefficient (Wildman–Crippen LogP) is 1.55. The van der Waals surface area contributed by atoms with E-state index in [1.807, 2.05) is 0 Å². The van der Waals surface area contributed by atoms with E-state index in [0.29, 0.717) is 0 Å². The van der Waals surface area contributed by atoms with E-state index >= 15 is 0 Å². The van der Waals surface area contributed by atoms with Gasteiger partial charge in [-0.05, 0) is 0 Å². The monoisotopic (exact) mass is 352 g/mol. The Bertz CT molecular complexity index is 344. The van der Waals surface area contributed by atoms with E-state index < -0.39 is 11.9 Å². The van der Waals surface area contributed by atoms with Gasteiger partial charge in [-0.15, -0.1) is 35.3 Å². The van der Waals surface area contributed by atoms with Gasteiger partial charge in [0.2, 0.25) is 0 Å². The van der Waals surface area contributed by atoms with Crippen molar-refractivity contribution < 1.29 is 13.2 Å². The number of halogens is 4. The first kappa shape index (κ1) is 14.4. The van der Waals surface area contributed by atoms with Gasteiger partial charge in [-0.3, -0.25) is 0 Å². The second-order valence-electron chi connectivity index (χ2n) is 2.37. The number of aromatic nitrogens is 1. The minimum atomic E-state index is -4.41. The maximum Gasteiger partial charge on any atom is 0.434 e. The van der Waals surface area contributed by atoms with E-state index in [0.717, 1.165) is 16.7 Å². The van der Waals surface area contributed by atoms with Gasteiger partial charge in [0, 0.05) is 5.38 Å². The Morgan fingerprint density at radius 3 is 2.47 bits per heavy atom. The third-order valence-corrected chi connectivity index (χ3v) is 2.07. The van der Waals surface area contributed by atoms with Crippen LogP contribution in [0.2, 0.25) is 0 Å². The third kappa shape index (κ3) is 4.64. The summed E-state index contributed by atoms with van der Waals surface area (Å²) in [4.78, 5) is 6.87. The summed E-state index contributed by atoms with van der Waals surface area (Å²) in [5.74, 6) is -0.172. The Morgan fingerprint density at radius 2 is 2.07 bits per heavy atom. The van der Waals surface area contributed by atoms with Crippen molar-refractivity contribution in [2.24, 2.45) is 16.5 Å². The molecule has 1 aromatic heterocycles. The lowest BCUT2D eigenvalue weighted by atomic mass is 10.5. The Kier molecular flexibility index (Phi) is 5.28. The Balaban J connectivity index is 0.00000196. The summed E-state index contributed by atoms with van der Waals surface area (Å²) in [6.07, 6.45) is -4.41. The van der Waals surface area contributed by atoms with Crippen molar-refractivity contribution >= 4 is 41.3 Å². The molecule has 0 saturated heterocycles. The number of hydrogen-bond acceptors (Lipinski definition) is 3. The van der Waals surface area contributed by atoms with Crippen LogP contribution in [0.1, 0.15) is 10.7 Å². The van der Waals surface area contributed by atoms with Crippen LogP contribution in [0.25, 0.3) is 0 Å². The summed E-state index contributed by atoms with van der Waals surface area (Å²) in [5, 5.41) is 1.16. The molecule has 0 aliphatic carbocycles. The van der Waals surface area contributed by atoms with Gasteiger partial charge in [0.15, 0.2) is 11.7 Å². The number of rotatable bonds is 2. The molecule has 0 fully saturated rings. The highest BCUT2D eigenvalue weighted by Crippen LogP contribution is 2.30. The van der Waals surface area contributed by atoms with E-state index in [9.17, 15) is 13.2 Å². The van der Waals surface area contributed by atoms with Crippen molar-refractivity contribution in [3.8, 4) is 0 Å². The van der Waals surface area contributed by atoms with Gasteiger partial charge in [-0.1, -0.05) is 0 Å². The van der Waals surface area contributed by atoms with E-state index in [-0.39, 0.29) is 41.5 Å². The number of thiazole rings is 1. The molecule has 0 aliphatic rings. The van der Waals surface area contributed by atoms with E-state index in [4.69, 9.17) is 11.5 Å². The summed E-state index contributed by atoms with van der Waals surface area (Å²) in [6, 6.07) is 0. The molecule has 1 rings (SSSR count). The number of hydrogen-bond donors (Lipinski definition) is 2. The van der Waals surface area contributed by atoms with Gasteiger partial charge in [-0.2, -0.15) is 13.2 Å². The smallest absolute Gasteiger partial charge is 0.370 e. The van der Waals surface area contributed by atoms with Crippen LogP contribution in [-0.4, -0.2) is 10.9 Å². The molecule has 1 heterocycles. The SMILES string of the molecule is I.NC(N)=NCc1nc(C(F)(F)F)cs1. The lowest BCUT2D eigenvalue weighted by Crippen LogP contribution is -2.22. The van der Waals surface area contributed by atoms with Crippen LogP contribution in [0.5, 0.6) is 0 Å². The predicted molar refractivity (Wildman–Crippen MR) is 62.0 cm³/mol. The van der Waals surface area contributed by atoms with E-state index in [1.54, 1.807) is 0 Å². The quantitative estimate of drug-likeness (QED) is 0.482. The van der Waals surface area contributed by atoms with Gasteiger partial charge < -0.3 is 11.5 Å². The maximum atomic E-state index is 12.1. The molecule has 9 heteroatoms. The largest absolute Gasteiger partial charge is 0.434 e. The Labute approximate surface area is 105 Å². The van der Waals surface area contributed by atoms with Crippen molar-refractivity contribution in [3.63, 3.8) is 0 Å². The maximum absolute atomic E-state index is 12.1. The number of aliphatic imine (C=N–C) groups is 1. The molecule has 0 spiro atoms. The molecule has 0 aliphatic heterocycles. The number of nitrogens with two attached hydrogens (primary N) is 2. The molecule has 86 valence electrons. The second-order valence-corrected chi connectivity index (χ2v) is 3.31. The third-order valence-electron chi connectivity index (χ3n) is 1.24. The van der Waals surface area contributed by atoms with Gasteiger partial charge >= 0.3 is 6.18 Å². The first-order valence-corrected chi connectivity index (χ1v) is 4.34. The van der Waals surface area contributed by atoms with Gasteiger partial charge in [0.1, 0.15) is 5.01 Å². The van der Waals surface area contributed by atoms with Crippen LogP contribution >= 0.6 is 35.3 Å². The van der Waals surface area contributed by atoms with Gasteiger partial charge in [-0.25, -0.2) is 9.98 Å². The van der Waals surface area contributed by atoms with Crippen LogP contribution in [0.15, 0.2) is 10.4 Å². The minimum Gasteiger partial charge on any atom is -0.370 e. The molecule has 0 aromatic carbocycles. The van der Waals surface area contributed by atoms with Crippen LogP contribution in [-0.2, 0) is 12.7 Å². The Hall–Kier alpha value is -0.580. The lowest BCUT2D eigenvalue weighted by Gasteiger charge is -1.99. The highest BCUT2D eigenvalue weighted by Gasteiger charge is 2.33. The summed E-state index contributed by atoms with van der Waals surface area (Å²) in [6.45, 7) is -0.0247. The average Bonchev–Trinajstić information content (AvgIpc) is 2.47. The van der Waals surface area contributed by atoms with Gasteiger partial charge in [0.05, 0.1) is 6.54 Å². The summed E-state index contributed by atoms with van der Waals surface area (Å²) < 4.78 is 36.2. The van der Waals surface area contributed by atoms with E-state index in [1.165, 1.54) is 0 Å². The van der Waals surface area contributed by atoms with Crippen LogP contribution < -0.4 is 11.5 Å². The molecule has 1 aromatic rings. The number of nitrogens with zero attached hydrogens (tertiary/aromatic N) is 2. The average molecular weight is 352 g/mol. The summed E-state index contributed by atoms with van der Waals surface area (Å²) in [7, 11) is 0. The second kappa shape index (κ2) is 5.49. The van der Waals surface area contributed by atoms with Crippen molar-refractivity contribution in [2.45, 2.75) is 12.7 Å². The molecule has 0 atom stereocenters. The lowest BCUT2D eigenvalue weighted by molar-refractivity contribution is -0.140. The topological polar surface area (TPSA) is 77.3 Å². The van der Waals surface area contributed by atoms with Crippen molar-refractivity contribution in [1.82, 2.24) is 4.98 Å². The number of alkyl halides is 3. The van der Waals surface area contributed by atoms with E-state index in [2.05, 4.69) is 9.98 Å². The molecule has 0 saturated carbocycles. The molecule has 4 N–H and O–H groups in total. The normalized spacial score (nSPS) is 10.6. The fraction of sp³-hybridized carbons (Fsp3) is 0.333. The minimum absolute atomic E-state index is 0. The fourth-order valence-electron chi connectivity index (χ4n) is 0.673. The standard InChI is InChI=1S/C6H7F3N4S.HI/c7-6(8,9)3-2-14-4(13-3)1-12-5(10)11;/h2H,1H2,(H4,10,11,12);1H. The molecule has 0 amide bonds. The first-order chi connectivity index (χ1) is 6.39. The molecule has 15 heavy (non-hydrogen) atoms. The van der Waals surface area contributed by atoms with Gasteiger partial charge in [0.25, 0.3) is 0 Å². The van der Waals surface area contributed by atoms with Crippen molar-refractivity contribution in [1.29, 1.82) is 0 Å². The molecule has 0 radical (unpaired) electrons. The molecule has 4 nitrogen and oxygen atoms in total. The molecule has 0 bridgehead atoms. The number of guanidine groups is 1. The van der Waals surface area contributed by atoms with Crippen molar-refractivity contribution in [3.05, 3.63) is 16.1 Å². The summed E-state index contributed by atoms with van der Waals surface area (Å²) in [5.41, 5.74) is 9.12. The molecular formula is C6H8F3IN4S. The molecular weight excluding hydrogens is 344 g/mol. The zero-order valence-electron chi connectivity index (χ0n) is 7.28. The zero-order valence-corrected chi connectivity index (χ0v) is 10.4. The highest BCUT2D eigenvalue weighted by atomic mass is 127. The highest BCUT2D eigenvalue weighted by molar-refractivity contribution is 14.0. The Morgan fingerprint density at radius 1 is 1.47 bits per heavy atom. The van der Waals surface area contributed by atoms with Crippen LogP contribution in [0, 0.1) is 0 Å².